The summed E-state index contributed by atoms with van der Waals surface area (Å²) in [7, 11) is 0. The van der Waals surface area contributed by atoms with Crippen LogP contribution in [0.1, 0.15) is 18.1 Å². The van der Waals surface area contributed by atoms with Crippen LogP contribution < -0.4 is 14.9 Å². The molecular formula is C23H21N3O5. The summed E-state index contributed by atoms with van der Waals surface area (Å²) >= 11 is 0. The molecule has 0 aliphatic rings. The summed E-state index contributed by atoms with van der Waals surface area (Å²) in [5.41, 5.74) is 4.19. The van der Waals surface area contributed by atoms with E-state index in [0.29, 0.717) is 18.1 Å². The van der Waals surface area contributed by atoms with Crippen LogP contribution in [0.15, 0.2) is 84.0 Å². The van der Waals surface area contributed by atoms with Crippen molar-refractivity contribution >= 4 is 17.8 Å². The maximum absolute atomic E-state index is 12.2. The van der Waals surface area contributed by atoms with Crippen LogP contribution in [-0.4, -0.2) is 23.1 Å². The third kappa shape index (κ3) is 6.67. The molecule has 3 rings (SSSR count). The van der Waals surface area contributed by atoms with Crippen molar-refractivity contribution in [3.05, 3.63) is 100 Å². The van der Waals surface area contributed by atoms with Gasteiger partial charge in [-0.2, -0.15) is 5.10 Å². The number of ether oxygens (including phenoxy) is 2. The molecule has 31 heavy (non-hydrogen) atoms. The highest BCUT2D eigenvalue weighted by atomic mass is 16.6. The minimum atomic E-state index is -0.834. The van der Waals surface area contributed by atoms with Crippen molar-refractivity contribution in [3.63, 3.8) is 0 Å². The Morgan fingerprint density at radius 2 is 1.81 bits per heavy atom. The predicted octanol–water partition coefficient (Wildman–Crippen LogP) is 4.09. The number of carbonyl (C=O) groups is 1. The topological polar surface area (TPSA) is 103 Å². The number of carbonyl (C=O) groups excluding carboxylic acids is 1. The number of rotatable bonds is 9. The summed E-state index contributed by atoms with van der Waals surface area (Å²) in [6, 6.07) is 22.7. The van der Waals surface area contributed by atoms with Crippen LogP contribution in [0.3, 0.4) is 0 Å². The van der Waals surface area contributed by atoms with E-state index in [1.54, 1.807) is 6.92 Å². The Bertz CT molecular complexity index is 1050. The first-order valence-electron chi connectivity index (χ1n) is 9.52. The van der Waals surface area contributed by atoms with E-state index >= 15 is 0 Å². The van der Waals surface area contributed by atoms with E-state index in [9.17, 15) is 14.9 Å². The fraction of sp³-hybridized carbons (Fsp3) is 0.130. The van der Waals surface area contributed by atoms with Crippen molar-refractivity contribution in [1.29, 1.82) is 0 Å². The zero-order chi connectivity index (χ0) is 22.1. The largest absolute Gasteiger partial charge is 0.489 e. The van der Waals surface area contributed by atoms with Gasteiger partial charge in [-0.15, -0.1) is 0 Å². The highest BCUT2D eigenvalue weighted by molar-refractivity contribution is 5.84. The number of nitrogens with zero attached hydrogens (tertiary/aromatic N) is 2. The van der Waals surface area contributed by atoms with Crippen molar-refractivity contribution in [2.45, 2.75) is 19.6 Å². The number of hydrogen-bond donors (Lipinski definition) is 1. The van der Waals surface area contributed by atoms with E-state index in [1.165, 1.54) is 30.5 Å². The van der Waals surface area contributed by atoms with E-state index in [0.717, 1.165) is 11.1 Å². The summed E-state index contributed by atoms with van der Waals surface area (Å²) < 4.78 is 11.3. The quantitative estimate of drug-likeness (QED) is 0.320. The minimum Gasteiger partial charge on any atom is -0.489 e. The van der Waals surface area contributed by atoms with E-state index < -0.39 is 16.9 Å². The fourth-order valence-corrected chi connectivity index (χ4v) is 2.59. The standard InChI is InChI=1S/C23H21N3O5/c1-17(31-21-12-10-20(11-13-21)26(28)29)23(27)25-24-15-19-8-5-9-22(14-19)30-16-18-6-3-2-4-7-18/h2-15,17H,16H2,1H3,(H,25,27)/b24-15-/t17-/m0/s1. The molecule has 3 aromatic carbocycles. The molecule has 0 heterocycles. The molecule has 1 N–H and O–H groups in total. The number of amides is 1. The summed E-state index contributed by atoms with van der Waals surface area (Å²) in [5, 5.41) is 14.6. The molecule has 0 aliphatic heterocycles. The fourth-order valence-electron chi connectivity index (χ4n) is 2.59. The third-order valence-corrected chi connectivity index (χ3v) is 4.22. The first-order chi connectivity index (χ1) is 15.0. The summed E-state index contributed by atoms with van der Waals surface area (Å²) in [6.07, 6.45) is 0.672. The zero-order valence-corrected chi connectivity index (χ0v) is 16.8. The maximum atomic E-state index is 12.2. The molecule has 0 unspecified atom stereocenters. The lowest BCUT2D eigenvalue weighted by atomic mass is 10.2. The Hall–Kier alpha value is -4.20. The molecule has 1 amide bonds. The molecule has 0 fully saturated rings. The highest BCUT2D eigenvalue weighted by Crippen LogP contribution is 2.18. The van der Waals surface area contributed by atoms with E-state index in [1.807, 2.05) is 54.6 Å². The lowest BCUT2D eigenvalue weighted by Crippen LogP contribution is -2.33. The molecule has 0 spiro atoms. The molecule has 8 nitrogen and oxygen atoms in total. The molecule has 0 aromatic heterocycles. The average molecular weight is 419 g/mol. The zero-order valence-electron chi connectivity index (χ0n) is 16.8. The maximum Gasteiger partial charge on any atom is 0.280 e. The molecule has 1 atom stereocenters. The Morgan fingerprint density at radius 3 is 2.52 bits per heavy atom. The minimum absolute atomic E-state index is 0.0518. The molecule has 158 valence electrons. The van der Waals surface area contributed by atoms with Crippen molar-refractivity contribution in [1.82, 2.24) is 5.43 Å². The van der Waals surface area contributed by atoms with Crippen molar-refractivity contribution in [2.75, 3.05) is 0 Å². The van der Waals surface area contributed by atoms with Crippen molar-refractivity contribution in [2.24, 2.45) is 5.10 Å². The summed E-state index contributed by atoms with van der Waals surface area (Å²) in [5.74, 6) is 0.584. The third-order valence-electron chi connectivity index (χ3n) is 4.22. The van der Waals surface area contributed by atoms with Crippen LogP contribution in [0, 0.1) is 10.1 Å². The molecular weight excluding hydrogens is 398 g/mol. The van der Waals surface area contributed by atoms with Gasteiger partial charge in [0.05, 0.1) is 11.1 Å². The van der Waals surface area contributed by atoms with E-state index in [2.05, 4.69) is 10.5 Å². The van der Waals surface area contributed by atoms with Gasteiger partial charge < -0.3 is 9.47 Å². The predicted molar refractivity (Wildman–Crippen MR) is 116 cm³/mol. The van der Waals surface area contributed by atoms with Crippen LogP contribution in [0.5, 0.6) is 11.5 Å². The molecule has 0 aliphatic carbocycles. The number of non-ortho nitro benzene ring substituents is 1. The summed E-state index contributed by atoms with van der Waals surface area (Å²) in [6.45, 7) is 2.01. The molecule has 0 saturated carbocycles. The van der Waals surface area contributed by atoms with Crippen LogP contribution in [-0.2, 0) is 11.4 Å². The van der Waals surface area contributed by atoms with Gasteiger partial charge in [0, 0.05) is 12.1 Å². The van der Waals surface area contributed by atoms with Gasteiger partial charge in [0.25, 0.3) is 11.6 Å². The van der Waals surface area contributed by atoms with Gasteiger partial charge in [-0.05, 0) is 42.3 Å². The van der Waals surface area contributed by atoms with E-state index in [-0.39, 0.29) is 5.69 Å². The molecule has 3 aromatic rings. The van der Waals surface area contributed by atoms with Crippen molar-refractivity contribution < 1.29 is 19.2 Å². The monoisotopic (exact) mass is 419 g/mol. The molecule has 0 radical (unpaired) electrons. The second-order valence-electron chi connectivity index (χ2n) is 6.59. The SMILES string of the molecule is C[C@H](Oc1ccc([N+](=O)[O-])cc1)C(=O)N/N=C\c1cccc(OCc2ccccc2)c1. The van der Waals surface area contributed by atoms with Gasteiger partial charge in [-0.25, -0.2) is 5.43 Å². The van der Waals surface area contributed by atoms with Crippen LogP contribution in [0.2, 0.25) is 0 Å². The Balaban J connectivity index is 1.50. The van der Waals surface area contributed by atoms with Crippen LogP contribution in [0.4, 0.5) is 5.69 Å². The van der Waals surface area contributed by atoms with Crippen LogP contribution >= 0.6 is 0 Å². The van der Waals surface area contributed by atoms with Crippen molar-refractivity contribution in [3.8, 4) is 11.5 Å². The molecule has 8 heteroatoms. The smallest absolute Gasteiger partial charge is 0.280 e. The molecule has 0 saturated heterocycles. The van der Waals surface area contributed by atoms with Gasteiger partial charge in [0.2, 0.25) is 0 Å². The summed E-state index contributed by atoms with van der Waals surface area (Å²) in [4.78, 5) is 22.3. The number of hydrazone groups is 1. The van der Waals surface area contributed by atoms with E-state index in [4.69, 9.17) is 9.47 Å². The lowest BCUT2D eigenvalue weighted by Gasteiger charge is -2.12. The number of nitrogens with one attached hydrogen (secondary N) is 1. The second-order valence-corrected chi connectivity index (χ2v) is 6.59. The molecule has 0 bridgehead atoms. The van der Waals surface area contributed by atoms with Gasteiger partial charge in [0.1, 0.15) is 18.1 Å². The first kappa shape index (κ1) is 21.5. The Kier molecular flexibility index (Phi) is 7.31. The van der Waals surface area contributed by atoms with Crippen LogP contribution in [0.25, 0.3) is 0 Å². The Labute approximate surface area is 179 Å². The highest BCUT2D eigenvalue weighted by Gasteiger charge is 2.14. The second kappa shape index (κ2) is 10.5. The number of hydrogen-bond acceptors (Lipinski definition) is 6. The number of benzene rings is 3. The lowest BCUT2D eigenvalue weighted by molar-refractivity contribution is -0.384. The Morgan fingerprint density at radius 1 is 1.06 bits per heavy atom. The van der Waals surface area contributed by atoms with Gasteiger partial charge in [0.15, 0.2) is 6.10 Å². The number of nitro benzene ring substituents is 1. The van der Waals surface area contributed by atoms with Gasteiger partial charge in [-0.3, -0.25) is 14.9 Å². The number of nitro groups is 1. The first-order valence-corrected chi connectivity index (χ1v) is 9.52. The van der Waals surface area contributed by atoms with Gasteiger partial charge in [-0.1, -0.05) is 42.5 Å². The average Bonchev–Trinajstić information content (AvgIpc) is 2.79. The normalized spacial score (nSPS) is 11.6. The van der Waals surface area contributed by atoms with Gasteiger partial charge >= 0.3 is 0 Å².